The maximum atomic E-state index is 10.3. The SMILES string of the molecule is CN(C)C1(CNC/C=C/C(=O)O)CCCC1. The third kappa shape index (κ3) is 3.61. The smallest absolute Gasteiger partial charge is 0.328 e. The minimum atomic E-state index is -0.884. The number of nitrogens with one attached hydrogen (secondary N) is 1. The van der Waals surface area contributed by atoms with Crippen molar-refractivity contribution in [3.8, 4) is 0 Å². The summed E-state index contributed by atoms with van der Waals surface area (Å²) in [4.78, 5) is 12.6. The molecule has 1 rings (SSSR count). The first-order valence-corrected chi connectivity index (χ1v) is 5.84. The number of hydrogen-bond donors (Lipinski definition) is 2. The second-order valence-electron chi connectivity index (χ2n) is 4.70. The molecule has 0 spiro atoms. The van der Waals surface area contributed by atoms with Crippen LogP contribution >= 0.6 is 0 Å². The van der Waals surface area contributed by atoms with Crippen LogP contribution in [0, 0.1) is 0 Å². The van der Waals surface area contributed by atoms with Crippen LogP contribution in [-0.4, -0.2) is 48.7 Å². The second kappa shape index (κ2) is 6.01. The topological polar surface area (TPSA) is 52.6 Å². The minimum absolute atomic E-state index is 0.275. The highest BCUT2D eigenvalue weighted by Crippen LogP contribution is 2.32. The van der Waals surface area contributed by atoms with Crippen molar-refractivity contribution in [2.45, 2.75) is 31.2 Å². The molecule has 0 saturated heterocycles. The fourth-order valence-electron chi connectivity index (χ4n) is 2.36. The molecule has 4 heteroatoms. The quantitative estimate of drug-likeness (QED) is 0.526. The number of rotatable bonds is 6. The first-order chi connectivity index (χ1) is 7.57. The largest absolute Gasteiger partial charge is 0.478 e. The second-order valence-corrected chi connectivity index (χ2v) is 4.70. The minimum Gasteiger partial charge on any atom is -0.478 e. The third-order valence-electron chi connectivity index (χ3n) is 3.46. The lowest BCUT2D eigenvalue weighted by Gasteiger charge is -2.36. The van der Waals surface area contributed by atoms with Gasteiger partial charge in [0.25, 0.3) is 0 Å². The van der Waals surface area contributed by atoms with Crippen LogP contribution in [0.4, 0.5) is 0 Å². The Bertz CT molecular complexity index is 256. The normalized spacial score (nSPS) is 19.7. The van der Waals surface area contributed by atoms with Gasteiger partial charge in [-0.05, 0) is 26.9 Å². The Morgan fingerprint density at radius 3 is 2.56 bits per heavy atom. The van der Waals surface area contributed by atoms with Crippen molar-refractivity contribution in [3.63, 3.8) is 0 Å². The zero-order chi connectivity index (χ0) is 12.0. The van der Waals surface area contributed by atoms with E-state index in [4.69, 9.17) is 5.11 Å². The van der Waals surface area contributed by atoms with Crippen LogP contribution < -0.4 is 5.32 Å². The summed E-state index contributed by atoms with van der Waals surface area (Å²) in [7, 11) is 4.25. The van der Waals surface area contributed by atoms with E-state index in [0.29, 0.717) is 6.54 Å². The van der Waals surface area contributed by atoms with Crippen molar-refractivity contribution in [3.05, 3.63) is 12.2 Å². The summed E-state index contributed by atoms with van der Waals surface area (Å²) in [5.74, 6) is -0.884. The molecule has 0 unspecified atom stereocenters. The summed E-state index contributed by atoms with van der Waals surface area (Å²) >= 11 is 0. The van der Waals surface area contributed by atoms with Crippen LogP contribution in [0.5, 0.6) is 0 Å². The van der Waals surface area contributed by atoms with Crippen LogP contribution in [0.15, 0.2) is 12.2 Å². The molecule has 16 heavy (non-hydrogen) atoms. The van der Waals surface area contributed by atoms with Crippen molar-refractivity contribution >= 4 is 5.97 Å². The van der Waals surface area contributed by atoms with Crippen molar-refractivity contribution in [1.29, 1.82) is 0 Å². The van der Waals surface area contributed by atoms with Crippen molar-refractivity contribution in [1.82, 2.24) is 10.2 Å². The number of aliphatic carboxylic acids is 1. The van der Waals surface area contributed by atoms with Gasteiger partial charge in [0.15, 0.2) is 0 Å². The Morgan fingerprint density at radius 1 is 1.44 bits per heavy atom. The monoisotopic (exact) mass is 226 g/mol. The number of hydrogen-bond acceptors (Lipinski definition) is 3. The van der Waals surface area contributed by atoms with Crippen LogP contribution in [0.25, 0.3) is 0 Å². The Labute approximate surface area is 97.3 Å². The van der Waals surface area contributed by atoms with Crippen LogP contribution in [0.1, 0.15) is 25.7 Å². The summed E-state index contributed by atoms with van der Waals surface area (Å²) < 4.78 is 0. The van der Waals surface area contributed by atoms with Crippen LogP contribution in [0.2, 0.25) is 0 Å². The van der Waals surface area contributed by atoms with Gasteiger partial charge in [-0.2, -0.15) is 0 Å². The molecule has 1 aliphatic rings. The lowest BCUT2D eigenvalue weighted by Crippen LogP contribution is -2.49. The van der Waals surface area contributed by atoms with Gasteiger partial charge < -0.3 is 15.3 Å². The first-order valence-electron chi connectivity index (χ1n) is 5.84. The summed E-state index contributed by atoms with van der Waals surface area (Å²) in [6.45, 7) is 1.56. The molecular weight excluding hydrogens is 204 g/mol. The van der Waals surface area contributed by atoms with E-state index in [0.717, 1.165) is 6.54 Å². The summed E-state index contributed by atoms with van der Waals surface area (Å²) in [5, 5.41) is 11.8. The highest BCUT2D eigenvalue weighted by Gasteiger charge is 2.35. The zero-order valence-electron chi connectivity index (χ0n) is 10.2. The van der Waals surface area contributed by atoms with E-state index in [-0.39, 0.29) is 5.54 Å². The zero-order valence-corrected chi connectivity index (χ0v) is 10.2. The summed E-state index contributed by atoms with van der Waals surface area (Å²) in [6.07, 6.45) is 7.89. The Hall–Kier alpha value is -0.870. The van der Waals surface area contributed by atoms with Gasteiger partial charge in [0, 0.05) is 24.7 Å². The van der Waals surface area contributed by atoms with E-state index in [1.54, 1.807) is 6.08 Å². The molecular formula is C12H22N2O2. The molecule has 0 radical (unpaired) electrons. The molecule has 1 saturated carbocycles. The highest BCUT2D eigenvalue weighted by molar-refractivity contribution is 5.79. The fraction of sp³-hybridized carbons (Fsp3) is 0.750. The standard InChI is InChI=1S/C12H22N2O2/c1-14(2)12(7-3-4-8-12)10-13-9-5-6-11(15)16/h5-6,13H,3-4,7-10H2,1-2H3,(H,15,16)/b6-5+. The van der Waals surface area contributed by atoms with Gasteiger partial charge in [-0.15, -0.1) is 0 Å². The van der Waals surface area contributed by atoms with Gasteiger partial charge in [-0.25, -0.2) is 4.79 Å². The molecule has 0 aromatic heterocycles. The van der Waals surface area contributed by atoms with E-state index < -0.39 is 5.97 Å². The molecule has 0 aliphatic heterocycles. The van der Waals surface area contributed by atoms with E-state index in [1.807, 2.05) is 0 Å². The average molecular weight is 226 g/mol. The number of likely N-dealkylation sites (N-methyl/N-ethyl adjacent to an activating group) is 1. The van der Waals surface area contributed by atoms with E-state index in [9.17, 15) is 4.79 Å². The molecule has 1 aliphatic carbocycles. The van der Waals surface area contributed by atoms with E-state index in [2.05, 4.69) is 24.3 Å². The van der Waals surface area contributed by atoms with Gasteiger partial charge >= 0.3 is 5.97 Å². The number of carboxylic acid groups (broad SMARTS) is 1. The lowest BCUT2D eigenvalue weighted by molar-refractivity contribution is -0.131. The molecule has 1 fully saturated rings. The Balaban J connectivity index is 2.31. The van der Waals surface area contributed by atoms with Gasteiger partial charge in [-0.3, -0.25) is 0 Å². The Morgan fingerprint density at radius 2 is 2.06 bits per heavy atom. The van der Waals surface area contributed by atoms with Crippen molar-refractivity contribution in [2.75, 3.05) is 27.2 Å². The molecule has 0 amide bonds. The molecule has 4 nitrogen and oxygen atoms in total. The highest BCUT2D eigenvalue weighted by atomic mass is 16.4. The van der Waals surface area contributed by atoms with Crippen LogP contribution in [0.3, 0.4) is 0 Å². The predicted octanol–water partition coefficient (Wildman–Crippen LogP) is 1.09. The maximum Gasteiger partial charge on any atom is 0.328 e. The van der Waals surface area contributed by atoms with Crippen molar-refractivity contribution in [2.24, 2.45) is 0 Å². The van der Waals surface area contributed by atoms with Gasteiger partial charge in [0.1, 0.15) is 0 Å². The molecule has 2 N–H and O–H groups in total. The number of carboxylic acids is 1. The van der Waals surface area contributed by atoms with Crippen LogP contribution in [-0.2, 0) is 4.79 Å². The molecule has 92 valence electrons. The molecule has 0 heterocycles. The van der Waals surface area contributed by atoms with Crippen molar-refractivity contribution < 1.29 is 9.90 Å². The summed E-state index contributed by atoms with van der Waals surface area (Å²) in [5.41, 5.74) is 0.275. The maximum absolute atomic E-state index is 10.3. The molecule has 0 aromatic rings. The number of carbonyl (C=O) groups is 1. The number of nitrogens with zero attached hydrogens (tertiary/aromatic N) is 1. The van der Waals surface area contributed by atoms with E-state index in [1.165, 1.54) is 31.8 Å². The first kappa shape index (κ1) is 13.2. The lowest BCUT2D eigenvalue weighted by atomic mass is 9.96. The summed E-state index contributed by atoms with van der Waals surface area (Å²) in [6, 6.07) is 0. The third-order valence-corrected chi connectivity index (χ3v) is 3.46. The molecule has 0 bridgehead atoms. The van der Waals surface area contributed by atoms with E-state index >= 15 is 0 Å². The predicted molar refractivity (Wildman–Crippen MR) is 64.5 cm³/mol. The molecule has 0 aromatic carbocycles. The Kier molecular flexibility index (Phi) is 4.96. The van der Waals surface area contributed by atoms with Gasteiger partial charge in [-0.1, -0.05) is 18.9 Å². The fourth-order valence-corrected chi connectivity index (χ4v) is 2.36. The molecule has 0 atom stereocenters. The van der Waals surface area contributed by atoms with Gasteiger partial charge in [0.2, 0.25) is 0 Å². The van der Waals surface area contributed by atoms with Gasteiger partial charge in [0.05, 0.1) is 0 Å². The average Bonchev–Trinajstić information content (AvgIpc) is 2.66.